The molecular formula is C23H28N2O3. The molecule has 1 unspecified atom stereocenters. The highest BCUT2D eigenvalue weighted by Crippen LogP contribution is 2.16. The van der Waals surface area contributed by atoms with E-state index in [2.05, 4.69) is 34.1 Å². The molecule has 1 heterocycles. The predicted octanol–water partition coefficient (Wildman–Crippen LogP) is 3.79. The van der Waals surface area contributed by atoms with Crippen LogP contribution >= 0.6 is 0 Å². The summed E-state index contributed by atoms with van der Waals surface area (Å²) in [6, 6.07) is 21.8. The van der Waals surface area contributed by atoms with Gasteiger partial charge in [-0.25, -0.2) is 0 Å². The second kappa shape index (κ2) is 9.97. The first-order chi connectivity index (χ1) is 13.6. The highest BCUT2D eigenvalue weighted by atomic mass is 16.5. The van der Waals surface area contributed by atoms with E-state index in [4.69, 9.17) is 9.15 Å². The van der Waals surface area contributed by atoms with Gasteiger partial charge in [-0.05, 0) is 42.0 Å². The van der Waals surface area contributed by atoms with Gasteiger partial charge in [0.2, 0.25) is 0 Å². The molecule has 1 atom stereocenters. The van der Waals surface area contributed by atoms with Gasteiger partial charge in [-0.15, -0.1) is 0 Å². The lowest BCUT2D eigenvalue weighted by Crippen LogP contribution is -2.35. The van der Waals surface area contributed by atoms with Gasteiger partial charge in [-0.2, -0.15) is 0 Å². The van der Waals surface area contributed by atoms with Crippen molar-refractivity contribution in [2.24, 2.45) is 0 Å². The summed E-state index contributed by atoms with van der Waals surface area (Å²) in [5.74, 6) is 1.64. The quantitative estimate of drug-likeness (QED) is 0.580. The van der Waals surface area contributed by atoms with Crippen LogP contribution in [0.1, 0.15) is 11.3 Å². The molecule has 0 saturated carbocycles. The van der Waals surface area contributed by atoms with E-state index in [-0.39, 0.29) is 6.61 Å². The number of hydrogen-bond donors (Lipinski definition) is 1. The van der Waals surface area contributed by atoms with Crippen LogP contribution in [-0.2, 0) is 13.1 Å². The number of rotatable bonds is 10. The summed E-state index contributed by atoms with van der Waals surface area (Å²) in [6.45, 7) is 2.09. The van der Waals surface area contributed by atoms with Gasteiger partial charge < -0.3 is 19.2 Å². The van der Waals surface area contributed by atoms with Crippen LogP contribution < -0.4 is 9.64 Å². The summed E-state index contributed by atoms with van der Waals surface area (Å²) in [6.07, 6.45) is 1.07. The normalized spacial score (nSPS) is 12.1. The van der Waals surface area contributed by atoms with Gasteiger partial charge in [-0.3, -0.25) is 4.90 Å². The molecule has 2 aromatic carbocycles. The largest absolute Gasteiger partial charge is 0.491 e. The second-order valence-corrected chi connectivity index (χ2v) is 7.09. The maximum atomic E-state index is 10.5. The summed E-state index contributed by atoms with van der Waals surface area (Å²) >= 11 is 0. The molecule has 0 aliphatic rings. The summed E-state index contributed by atoms with van der Waals surface area (Å²) in [5.41, 5.74) is 2.35. The number of ether oxygens (including phenoxy) is 1. The van der Waals surface area contributed by atoms with E-state index in [1.54, 1.807) is 6.26 Å². The van der Waals surface area contributed by atoms with Crippen molar-refractivity contribution in [3.8, 4) is 5.75 Å². The fraction of sp³-hybridized carbons (Fsp3) is 0.304. The monoisotopic (exact) mass is 380 g/mol. The number of aliphatic hydroxyl groups excluding tert-OH is 1. The number of anilines is 1. The van der Waals surface area contributed by atoms with E-state index in [0.29, 0.717) is 13.1 Å². The predicted molar refractivity (Wildman–Crippen MR) is 112 cm³/mol. The molecule has 148 valence electrons. The summed E-state index contributed by atoms with van der Waals surface area (Å²) in [5, 5.41) is 10.5. The van der Waals surface area contributed by atoms with E-state index in [1.807, 2.05) is 56.6 Å². The molecule has 3 aromatic rings. The highest BCUT2D eigenvalue weighted by Gasteiger charge is 2.15. The average Bonchev–Trinajstić information content (AvgIpc) is 3.20. The number of aliphatic hydroxyl groups is 1. The van der Waals surface area contributed by atoms with Crippen LogP contribution in [0.4, 0.5) is 5.69 Å². The molecule has 0 spiro atoms. The van der Waals surface area contributed by atoms with E-state index in [1.165, 1.54) is 5.56 Å². The Morgan fingerprint density at radius 2 is 1.68 bits per heavy atom. The van der Waals surface area contributed by atoms with Crippen LogP contribution in [0.2, 0.25) is 0 Å². The Balaban J connectivity index is 1.61. The third-order valence-electron chi connectivity index (χ3n) is 4.47. The third kappa shape index (κ3) is 6.15. The van der Waals surface area contributed by atoms with Gasteiger partial charge in [0.15, 0.2) is 0 Å². The lowest BCUT2D eigenvalue weighted by atomic mass is 10.1. The van der Waals surface area contributed by atoms with Crippen LogP contribution in [-0.4, -0.2) is 43.4 Å². The first kappa shape index (κ1) is 20.0. The van der Waals surface area contributed by atoms with E-state index in [0.717, 1.165) is 23.7 Å². The fourth-order valence-corrected chi connectivity index (χ4v) is 3.03. The minimum Gasteiger partial charge on any atom is -0.491 e. The zero-order valence-electron chi connectivity index (χ0n) is 16.5. The summed E-state index contributed by atoms with van der Waals surface area (Å²) < 4.78 is 11.2. The van der Waals surface area contributed by atoms with Crippen molar-refractivity contribution in [3.63, 3.8) is 0 Å². The van der Waals surface area contributed by atoms with Crippen molar-refractivity contribution in [1.82, 2.24) is 4.90 Å². The Morgan fingerprint density at radius 1 is 0.929 bits per heavy atom. The van der Waals surface area contributed by atoms with Crippen molar-refractivity contribution >= 4 is 5.69 Å². The lowest BCUT2D eigenvalue weighted by Gasteiger charge is -2.25. The Kier molecular flexibility index (Phi) is 7.12. The molecule has 0 fully saturated rings. The van der Waals surface area contributed by atoms with Gasteiger partial charge in [0.25, 0.3) is 0 Å². The van der Waals surface area contributed by atoms with Crippen molar-refractivity contribution < 1.29 is 14.3 Å². The smallest absolute Gasteiger partial charge is 0.119 e. The minimum absolute atomic E-state index is 0.248. The average molecular weight is 380 g/mol. The van der Waals surface area contributed by atoms with Crippen LogP contribution in [0.5, 0.6) is 5.75 Å². The Morgan fingerprint density at radius 3 is 2.32 bits per heavy atom. The SMILES string of the molecule is CN(C)c1ccc(CN(Cc2ccco2)CC(O)COc2ccccc2)cc1. The molecule has 5 heteroatoms. The Labute approximate surface area is 166 Å². The molecule has 1 N–H and O–H groups in total. The molecule has 3 rings (SSSR count). The Hall–Kier alpha value is -2.76. The number of para-hydroxylation sites is 1. The standard InChI is InChI=1S/C23H28N2O3/c1-24(2)20-12-10-19(11-13-20)15-25(17-23-9-6-14-27-23)16-21(26)18-28-22-7-4-3-5-8-22/h3-14,21,26H,15-18H2,1-2H3. The van der Waals surface area contributed by atoms with Gasteiger partial charge in [-0.1, -0.05) is 30.3 Å². The molecule has 0 aliphatic heterocycles. The zero-order valence-corrected chi connectivity index (χ0v) is 16.5. The molecule has 1 aromatic heterocycles. The van der Waals surface area contributed by atoms with Crippen LogP contribution in [0.3, 0.4) is 0 Å². The minimum atomic E-state index is -0.601. The maximum absolute atomic E-state index is 10.5. The van der Waals surface area contributed by atoms with Gasteiger partial charge in [0, 0.05) is 32.9 Å². The third-order valence-corrected chi connectivity index (χ3v) is 4.47. The van der Waals surface area contributed by atoms with Gasteiger partial charge in [0.05, 0.1) is 12.8 Å². The lowest BCUT2D eigenvalue weighted by molar-refractivity contribution is 0.0605. The molecule has 0 radical (unpaired) electrons. The molecule has 0 saturated heterocycles. The van der Waals surface area contributed by atoms with Crippen molar-refractivity contribution in [3.05, 3.63) is 84.3 Å². The fourth-order valence-electron chi connectivity index (χ4n) is 3.03. The molecular weight excluding hydrogens is 352 g/mol. The van der Waals surface area contributed by atoms with Crippen LogP contribution in [0.15, 0.2) is 77.4 Å². The number of nitrogens with zero attached hydrogens (tertiary/aromatic N) is 2. The van der Waals surface area contributed by atoms with E-state index >= 15 is 0 Å². The molecule has 0 bridgehead atoms. The van der Waals surface area contributed by atoms with Crippen molar-refractivity contribution in [2.45, 2.75) is 19.2 Å². The van der Waals surface area contributed by atoms with Crippen LogP contribution in [0.25, 0.3) is 0 Å². The van der Waals surface area contributed by atoms with E-state index < -0.39 is 6.10 Å². The van der Waals surface area contributed by atoms with Crippen molar-refractivity contribution in [2.75, 3.05) is 32.1 Å². The first-order valence-corrected chi connectivity index (χ1v) is 9.47. The first-order valence-electron chi connectivity index (χ1n) is 9.47. The summed E-state index contributed by atoms with van der Waals surface area (Å²) in [4.78, 5) is 4.25. The number of furan rings is 1. The molecule has 28 heavy (non-hydrogen) atoms. The van der Waals surface area contributed by atoms with Crippen molar-refractivity contribution in [1.29, 1.82) is 0 Å². The zero-order chi connectivity index (χ0) is 19.8. The highest BCUT2D eigenvalue weighted by molar-refractivity contribution is 5.45. The van der Waals surface area contributed by atoms with E-state index in [9.17, 15) is 5.11 Å². The van der Waals surface area contributed by atoms with Crippen LogP contribution in [0, 0.1) is 0 Å². The number of hydrogen-bond acceptors (Lipinski definition) is 5. The molecule has 0 aliphatic carbocycles. The maximum Gasteiger partial charge on any atom is 0.119 e. The molecule has 5 nitrogen and oxygen atoms in total. The topological polar surface area (TPSA) is 49.1 Å². The molecule has 0 amide bonds. The number of benzene rings is 2. The van der Waals surface area contributed by atoms with Gasteiger partial charge >= 0.3 is 0 Å². The Bertz CT molecular complexity index is 802. The second-order valence-electron chi connectivity index (χ2n) is 7.09. The van der Waals surface area contributed by atoms with Gasteiger partial charge in [0.1, 0.15) is 24.2 Å². The summed E-state index contributed by atoms with van der Waals surface area (Å²) in [7, 11) is 4.06.